The molecule has 0 aromatic carbocycles. The lowest BCUT2D eigenvalue weighted by Crippen LogP contribution is -2.56. The lowest BCUT2D eigenvalue weighted by Gasteiger charge is -2.33. The quantitative estimate of drug-likeness (QED) is 0.692. The molecule has 17 heavy (non-hydrogen) atoms. The highest BCUT2D eigenvalue weighted by atomic mass is 28.4. The Kier molecular flexibility index (Phi) is 2.87. The van der Waals surface area contributed by atoms with Gasteiger partial charge >= 0.3 is 8.88 Å². The average Bonchev–Trinajstić information content (AvgIpc) is 2.84. The van der Waals surface area contributed by atoms with Crippen molar-refractivity contribution in [3.8, 4) is 0 Å². The highest BCUT2D eigenvalue weighted by molar-refractivity contribution is 6.63. The van der Waals surface area contributed by atoms with Crippen LogP contribution in [-0.4, -0.2) is 56.4 Å². The predicted molar refractivity (Wildman–Crippen MR) is 68.3 cm³/mol. The third-order valence-corrected chi connectivity index (χ3v) is 8.06. The van der Waals surface area contributed by atoms with Crippen molar-refractivity contribution in [1.82, 2.24) is 9.13 Å². The van der Waals surface area contributed by atoms with Crippen LogP contribution in [0.4, 0.5) is 0 Å². The fourth-order valence-electron chi connectivity index (χ4n) is 3.93. The topological polar surface area (TPSA) is 24.9 Å². The fourth-order valence-corrected chi connectivity index (χ4v) is 8.12. The highest BCUT2D eigenvalue weighted by Gasteiger charge is 2.69. The van der Waals surface area contributed by atoms with E-state index in [9.17, 15) is 0 Å². The molecule has 0 aromatic rings. The third-order valence-electron chi connectivity index (χ3n) is 4.41. The molecule has 4 nitrogen and oxygen atoms in total. The zero-order chi connectivity index (χ0) is 12.2. The molecule has 3 aliphatic rings. The van der Waals surface area contributed by atoms with Crippen molar-refractivity contribution in [2.24, 2.45) is 11.8 Å². The second-order valence-corrected chi connectivity index (χ2v) is 8.92. The molecule has 2 atom stereocenters. The standard InChI is InChI=1S/C12H24N2O2Si/c1-9(2)11-12(10(3)4)14-6-8-16-17(14)13(11)5-7-15-17/h9-12H,5-8H2,1-4H3. The van der Waals surface area contributed by atoms with Gasteiger partial charge < -0.3 is 8.85 Å². The molecule has 0 bridgehead atoms. The van der Waals surface area contributed by atoms with Crippen molar-refractivity contribution < 1.29 is 8.85 Å². The van der Waals surface area contributed by atoms with Gasteiger partial charge in [0.05, 0.1) is 13.2 Å². The van der Waals surface area contributed by atoms with Gasteiger partial charge in [0.15, 0.2) is 0 Å². The number of rotatable bonds is 2. The summed E-state index contributed by atoms with van der Waals surface area (Å²) in [6.07, 6.45) is 0. The Morgan fingerprint density at radius 1 is 0.882 bits per heavy atom. The first-order chi connectivity index (χ1) is 8.08. The molecule has 5 heteroatoms. The lowest BCUT2D eigenvalue weighted by atomic mass is 9.88. The van der Waals surface area contributed by atoms with Gasteiger partial charge in [-0.05, 0) is 11.8 Å². The van der Waals surface area contributed by atoms with E-state index in [1.165, 1.54) is 0 Å². The minimum atomic E-state index is -2.15. The maximum Gasteiger partial charge on any atom is 0.523 e. The summed E-state index contributed by atoms with van der Waals surface area (Å²) >= 11 is 0. The van der Waals surface area contributed by atoms with E-state index in [1.54, 1.807) is 0 Å². The van der Waals surface area contributed by atoms with Crippen LogP contribution >= 0.6 is 0 Å². The summed E-state index contributed by atoms with van der Waals surface area (Å²) in [7, 11) is -2.15. The van der Waals surface area contributed by atoms with Crippen molar-refractivity contribution in [2.75, 3.05) is 26.3 Å². The number of nitrogens with zero attached hydrogens (tertiary/aromatic N) is 2. The summed E-state index contributed by atoms with van der Waals surface area (Å²) in [5.41, 5.74) is 0. The fraction of sp³-hybridized carbons (Fsp3) is 1.00. The van der Waals surface area contributed by atoms with Crippen LogP contribution in [0.5, 0.6) is 0 Å². The minimum Gasteiger partial charge on any atom is -0.369 e. The smallest absolute Gasteiger partial charge is 0.369 e. The predicted octanol–water partition coefficient (Wildman–Crippen LogP) is 1.15. The molecule has 3 fully saturated rings. The Labute approximate surface area is 105 Å². The van der Waals surface area contributed by atoms with E-state index in [0.717, 1.165) is 26.3 Å². The van der Waals surface area contributed by atoms with Crippen molar-refractivity contribution in [2.45, 2.75) is 39.8 Å². The van der Waals surface area contributed by atoms with Crippen LogP contribution in [0.25, 0.3) is 0 Å². The molecule has 3 heterocycles. The van der Waals surface area contributed by atoms with E-state index in [2.05, 4.69) is 36.8 Å². The SMILES string of the molecule is CC(C)C1C(C(C)C)N2CCO[Si]23OCCN13. The average molecular weight is 256 g/mol. The first-order valence-corrected chi connectivity index (χ1v) is 8.60. The van der Waals surface area contributed by atoms with Gasteiger partial charge in [-0.1, -0.05) is 27.7 Å². The van der Waals surface area contributed by atoms with Crippen LogP contribution in [-0.2, 0) is 8.85 Å². The van der Waals surface area contributed by atoms with Crippen molar-refractivity contribution in [1.29, 1.82) is 0 Å². The highest BCUT2D eigenvalue weighted by Crippen LogP contribution is 2.44. The van der Waals surface area contributed by atoms with E-state index in [4.69, 9.17) is 8.85 Å². The molecule has 0 aliphatic carbocycles. The first kappa shape index (κ1) is 12.1. The largest absolute Gasteiger partial charge is 0.523 e. The van der Waals surface area contributed by atoms with E-state index >= 15 is 0 Å². The van der Waals surface area contributed by atoms with Crippen LogP contribution in [0.15, 0.2) is 0 Å². The van der Waals surface area contributed by atoms with Crippen LogP contribution in [0.3, 0.4) is 0 Å². The number of hydrogen-bond acceptors (Lipinski definition) is 4. The zero-order valence-corrected chi connectivity index (χ0v) is 12.3. The van der Waals surface area contributed by atoms with Crippen molar-refractivity contribution >= 4 is 8.88 Å². The zero-order valence-electron chi connectivity index (χ0n) is 11.3. The molecule has 0 radical (unpaired) electrons. The second kappa shape index (κ2) is 4.03. The molecule has 0 aromatic heterocycles. The van der Waals surface area contributed by atoms with E-state index in [1.807, 2.05) is 0 Å². The lowest BCUT2D eigenvalue weighted by molar-refractivity contribution is 0.163. The summed E-state index contributed by atoms with van der Waals surface area (Å²) in [5.74, 6) is 1.34. The van der Waals surface area contributed by atoms with E-state index in [-0.39, 0.29) is 0 Å². The summed E-state index contributed by atoms with van der Waals surface area (Å²) in [6, 6.07) is 1.23. The summed E-state index contributed by atoms with van der Waals surface area (Å²) in [5, 5.41) is 0. The Hall–Kier alpha value is 0.0569. The van der Waals surface area contributed by atoms with Gasteiger partial charge in [-0.25, -0.2) is 0 Å². The Morgan fingerprint density at radius 3 is 1.65 bits per heavy atom. The van der Waals surface area contributed by atoms with Crippen LogP contribution in [0.1, 0.15) is 27.7 Å². The van der Waals surface area contributed by atoms with Gasteiger partial charge in [0.1, 0.15) is 0 Å². The monoisotopic (exact) mass is 256 g/mol. The van der Waals surface area contributed by atoms with Crippen molar-refractivity contribution in [3.05, 3.63) is 0 Å². The second-order valence-electron chi connectivity index (χ2n) is 6.10. The van der Waals surface area contributed by atoms with Crippen LogP contribution in [0, 0.1) is 11.8 Å². The maximum absolute atomic E-state index is 6.12. The molecule has 98 valence electrons. The normalized spacial score (nSPS) is 42.7. The molecule has 0 N–H and O–H groups in total. The molecule has 0 saturated carbocycles. The van der Waals surface area contributed by atoms with Gasteiger partial charge in [-0.15, -0.1) is 0 Å². The van der Waals surface area contributed by atoms with Gasteiger partial charge in [0, 0.05) is 25.2 Å². The minimum absolute atomic E-state index is 0.615. The van der Waals surface area contributed by atoms with Gasteiger partial charge in [0.2, 0.25) is 0 Å². The molecule has 3 aliphatic heterocycles. The first-order valence-electron chi connectivity index (χ1n) is 6.89. The molecule has 0 amide bonds. The Morgan fingerprint density at radius 2 is 1.29 bits per heavy atom. The van der Waals surface area contributed by atoms with Gasteiger partial charge in [-0.3, -0.25) is 9.13 Å². The molecular weight excluding hydrogens is 232 g/mol. The Balaban J connectivity index is 1.99. The molecule has 1 spiro atoms. The van der Waals surface area contributed by atoms with E-state index in [0.29, 0.717) is 23.9 Å². The molecule has 2 unspecified atom stereocenters. The van der Waals surface area contributed by atoms with E-state index < -0.39 is 8.88 Å². The molecular formula is C12H24N2O2Si. The summed E-state index contributed by atoms with van der Waals surface area (Å²) < 4.78 is 17.4. The van der Waals surface area contributed by atoms with Gasteiger partial charge in [-0.2, -0.15) is 0 Å². The summed E-state index contributed by atoms with van der Waals surface area (Å²) in [6.45, 7) is 13.2. The molecule has 3 saturated heterocycles. The van der Waals surface area contributed by atoms with Crippen molar-refractivity contribution in [3.63, 3.8) is 0 Å². The van der Waals surface area contributed by atoms with Gasteiger partial charge in [0.25, 0.3) is 0 Å². The Bertz CT molecular complexity index is 281. The number of hydrogen-bond donors (Lipinski definition) is 0. The van der Waals surface area contributed by atoms with Crippen LogP contribution < -0.4 is 0 Å². The molecule has 3 rings (SSSR count). The third kappa shape index (κ3) is 1.50. The summed E-state index contributed by atoms with van der Waals surface area (Å²) in [4.78, 5) is 0. The van der Waals surface area contributed by atoms with Crippen LogP contribution in [0.2, 0.25) is 0 Å². The maximum atomic E-state index is 6.12.